The second-order valence-electron chi connectivity index (χ2n) is 5.69. The van der Waals surface area contributed by atoms with Crippen molar-refractivity contribution >= 4 is 23.1 Å². The van der Waals surface area contributed by atoms with Gasteiger partial charge in [-0.1, -0.05) is 0 Å². The summed E-state index contributed by atoms with van der Waals surface area (Å²) in [6.45, 7) is 5.54. The smallest absolute Gasteiger partial charge is 0.317 e. The van der Waals surface area contributed by atoms with Crippen molar-refractivity contribution in [2.45, 2.75) is 13.5 Å². The van der Waals surface area contributed by atoms with E-state index < -0.39 is 0 Å². The van der Waals surface area contributed by atoms with Gasteiger partial charge in [0.2, 0.25) is 0 Å². The standard InChI is InChI=1S/C17H22N4O2S/c1-13-19-14(12-24-13)11-18-17(22)21-9-7-20(8-10-21)15-3-5-16(23-2)6-4-15/h3-6,12H,7-11H2,1-2H3,(H,18,22). The van der Waals surface area contributed by atoms with E-state index in [1.807, 2.05) is 29.3 Å². The van der Waals surface area contributed by atoms with E-state index in [9.17, 15) is 4.79 Å². The number of amides is 2. The summed E-state index contributed by atoms with van der Waals surface area (Å²) in [6, 6.07) is 8.02. The van der Waals surface area contributed by atoms with Crippen LogP contribution >= 0.6 is 11.3 Å². The minimum absolute atomic E-state index is 0.0185. The molecule has 0 saturated carbocycles. The van der Waals surface area contributed by atoms with Crippen molar-refractivity contribution in [3.05, 3.63) is 40.3 Å². The number of nitrogens with zero attached hydrogens (tertiary/aromatic N) is 3. The van der Waals surface area contributed by atoms with Gasteiger partial charge < -0.3 is 19.9 Å². The largest absolute Gasteiger partial charge is 0.497 e. The predicted octanol–water partition coefficient (Wildman–Crippen LogP) is 2.49. The molecule has 1 aromatic carbocycles. The molecule has 2 heterocycles. The fourth-order valence-corrected chi connectivity index (χ4v) is 3.34. The van der Waals surface area contributed by atoms with Crippen LogP contribution in [0.5, 0.6) is 5.75 Å². The maximum atomic E-state index is 12.3. The lowest BCUT2D eigenvalue weighted by Gasteiger charge is -2.36. The Hall–Kier alpha value is -2.28. The van der Waals surface area contributed by atoms with Crippen LogP contribution in [0.2, 0.25) is 0 Å². The lowest BCUT2D eigenvalue weighted by molar-refractivity contribution is 0.194. The van der Waals surface area contributed by atoms with Crippen molar-refractivity contribution in [3.8, 4) is 5.75 Å². The maximum absolute atomic E-state index is 12.3. The molecule has 1 saturated heterocycles. The number of methoxy groups -OCH3 is 1. The molecule has 0 radical (unpaired) electrons. The third-order valence-electron chi connectivity index (χ3n) is 4.09. The number of rotatable bonds is 4. The molecule has 1 N–H and O–H groups in total. The number of hydrogen-bond acceptors (Lipinski definition) is 5. The van der Waals surface area contributed by atoms with E-state index >= 15 is 0 Å². The third-order valence-corrected chi connectivity index (χ3v) is 4.91. The van der Waals surface area contributed by atoms with Gasteiger partial charge in [-0.25, -0.2) is 9.78 Å². The summed E-state index contributed by atoms with van der Waals surface area (Å²) in [4.78, 5) is 20.8. The number of nitrogens with one attached hydrogen (secondary N) is 1. The average molecular weight is 346 g/mol. The number of ether oxygens (including phenoxy) is 1. The highest BCUT2D eigenvalue weighted by Gasteiger charge is 2.21. The topological polar surface area (TPSA) is 57.7 Å². The van der Waals surface area contributed by atoms with Crippen LogP contribution in [0.15, 0.2) is 29.6 Å². The van der Waals surface area contributed by atoms with E-state index in [4.69, 9.17) is 4.74 Å². The second-order valence-corrected chi connectivity index (χ2v) is 6.75. The van der Waals surface area contributed by atoms with Crippen molar-refractivity contribution in [1.82, 2.24) is 15.2 Å². The molecule has 2 aromatic rings. The van der Waals surface area contributed by atoms with Gasteiger partial charge in [-0.3, -0.25) is 0 Å². The molecule has 7 heteroatoms. The number of aryl methyl sites for hydroxylation is 1. The van der Waals surface area contributed by atoms with E-state index in [-0.39, 0.29) is 6.03 Å². The number of piperazine rings is 1. The fourth-order valence-electron chi connectivity index (χ4n) is 2.73. The Balaban J connectivity index is 1.47. The van der Waals surface area contributed by atoms with Crippen molar-refractivity contribution in [3.63, 3.8) is 0 Å². The zero-order valence-corrected chi connectivity index (χ0v) is 14.8. The van der Waals surface area contributed by atoms with Crippen LogP contribution in [0.25, 0.3) is 0 Å². The molecule has 1 aromatic heterocycles. The molecule has 0 bridgehead atoms. The number of hydrogen-bond donors (Lipinski definition) is 1. The summed E-state index contributed by atoms with van der Waals surface area (Å²) in [7, 11) is 1.67. The van der Waals surface area contributed by atoms with E-state index in [1.165, 1.54) is 0 Å². The first-order valence-corrected chi connectivity index (χ1v) is 8.86. The van der Waals surface area contributed by atoms with Gasteiger partial charge in [-0.15, -0.1) is 11.3 Å². The number of aromatic nitrogens is 1. The van der Waals surface area contributed by atoms with Gasteiger partial charge in [-0.2, -0.15) is 0 Å². The monoisotopic (exact) mass is 346 g/mol. The number of urea groups is 1. The molecule has 1 fully saturated rings. The van der Waals surface area contributed by atoms with Crippen molar-refractivity contribution < 1.29 is 9.53 Å². The second kappa shape index (κ2) is 7.53. The normalized spacial score (nSPS) is 14.6. The molecule has 6 nitrogen and oxygen atoms in total. The first-order chi connectivity index (χ1) is 11.7. The van der Waals surface area contributed by atoms with Crippen molar-refractivity contribution in [1.29, 1.82) is 0 Å². The van der Waals surface area contributed by atoms with Gasteiger partial charge in [0, 0.05) is 37.2 Å². The lowest BCUT2D eigenvalue weighted by atomic mass is 10.2. The molecule has 0 unspecified atom stereocenters. The average Bonchev–Trinajstić information content (AvgIpc) is 3.05. The summed E-state index contributed by atoms with van der Waals surface area (Å²) in [5.41, 5.74) is 2.08. The molecule has 2 amide bonds. The number of carbonyl (C=O) groups is 1. The van der Waals surface area contributed by atoms with Crippen LogP contribution in [0.1, 0.15) is 10.7 Å². The van der Waals surface area contributed by atoms with Crippen LogP contribution in [0.3, 0.4) is 0 Å². The van der Waals surface area contributed by atoms with Crippen LogP contribution in [0.4, 0.5) is 10.5 Å². The molecule has 0 spiro atoms. The maximum Gasteiger partial charge on any atom is 0.317 e. The minimum atomic E-state index is -0.0185. The Morgan fingerprint density at radius 2 is 1.96 bits per heavy atom. The van der Waals surface area contributed by atoms with E-state index in [1.54, 1.807) is 18.4 Å². The Morgan fingerprint density at radius 1 is 1.25 bits per heavy atom. The SMILES string of the molecule is COc1ccc(N2CCN(C(=O)NCc3csc(C)n3)CC2)cc1. The first kappa shape index (κ1) is 16.6. The predicted molar refractivity (Wildman–Crippen MR) is 95.9 cm³/mol. The quantitative estimate of drug-likeness (QED) is 0.924. The highest BCUT2D eigenvalue weighted by molar-refractivity contribution is 7.09. The molecular weight excluding hydrogens is 324 g/mol. The molecule has 3 rings (SSSR count). The minimum Gasteiger partial charge on any atom is -0.497 e. The highest BCUT2D eigenvalue weighted by Crippen LogP contribution is 2.20. The van der Waals surface area contributed by atoms with Gasteiger partial charge in [0.05, 0.1) is 24.4 Å². The summed E-state index contributed by atoms with van der Waals surface area (Å²) < 4.78 is 5.19. The first-order valence-electron chi connectivity index (χ1n) is 7.98. The zero-order chi connectivity index (χ0) is 16.9. The third kappa shape index (κ3) is 3.97. The Morgan fingerprint density at radius 3 is 2.54 bits per heavy atom. The zero-order valence-electron chi connectivity index (χ0n) is 14.0. The summed E-state index contributed by atoms with van der Waals surface area (Å²) in [5, 5.41) is 5.95. The molecule has 128 valence electrons. The van der Waals surface area contributed by atoms with E-state index in [0.29, 0.717) is 19.6 Å². The molecule has 0 aliphatic carbocycles. The van der Waals surface area contributed by atoms with Crippen LogP contribution < -0.4 is 15.0 Å². The Labute approximate surface area is 146 Å². The number of benzene rings is 1. The van der Waals surface area contributed by atoms with Crippen molar-refractivity contribution in [2.75, 3.05) is 38.2 Å². The summed E-state index contributed by atoms with van der Waals surface area (Å²) in [5.74, 6) is 0.856. The number of thiazole rings is 1. The highest BCUT2D eigenvalue weighted by atomic mass is 32.1. The summed E-state index contributed by atoms with van der Waals surface area (Å²) in [6.07, 6.45) is 0. The van der Waals surface area contributed by atoms with Gasteiger partial charge in [0.1, 0.15) is 5.75 Å². The van der Waals surface area contributed by atoms with Crippen LogP contribution in [0, 0.1) is 6.92 Å². The fraction of sp³-hybridized carbons (Fsp3) is 0.412. The van der Waals surface area contributed by atoms with Crippen molar-refractivity contribution in [2.24, 2.45) is 0 Å². The van der Waals surface area contributed by atoms with Gasteiger partial charge >= 0.3 is 6.03 Å². The Kier molecular flexibility index (Phi) is 5.20. The molecular formula is C17H22N4O2S. The van der Waals surface area contributed by atoms with Gasteiger partial charge in [0.15, 0.2) is 0 Å². The van der Waals surface area contributed by atoms with E-state index in [0.717, 1.165) is 35.2 Å². The molecule has 24 heavy (non-hydrogen) atoms. The molecule has 1 aliphatic heterocycles. The lowest BCUT2D eigenvalue weighted by Crippen LogP contribution is -2.51. The number of carbonyl (C=O) groups excluding carboxylic acids is 1. The van der Waals surface area contributed by atoms with Crippen LogP contribution in [-0.2, 0) is 6.54 Å². The Bertz CT molecular complexity index is 678. The number of anilines is 1. The molecule has 1 aliphatic rings. The van der Waals surface area contributed by atoms with Gasteiger partial charge in [-0.05, 0) is 31.2 Å². The molecule has 0 atom stereocenters. The summed E-state index contributed by atoms with van der Waals surface area (Å²) >= 11 is 1.60. The van der Waals surface area contributed by atoms with Gasteiger partial charge in [0.25, 0.3) is 0 Å². The van der Waals surface area contributed by atoms with E-state index in [2.05, 4.69) is 27.3 Å². The van der Waals surface area contributed by atoms with Crippen LogP contribution in [-0.4, -0.2) is 49.2 Å².